The van der Waals surface area contributed by atoms with Crippen molar-refractivity contribution < 1.29 is 19.5 Å². The molecule has 0 unspecified atom stereocenters. The molecule has 2 saturated carbocycles. The van der Waals surface area contributed by atoms with Gasteiger partial charge in [0.15, 0.2) is 0 Å². The van der Waals surface area contributed by atoms with Crippen LogP contribution in [-0.4, -0.2) is 27.9 Å². The summed E-state index contributed by atoms with van der Waals surface area (Å²) in [6.07, 6.45) is 6.99. The average Bonchev–Trinajstić information content (AvgIpc) is 2.60. The summed E-state index contributed by atoms with van der Waals surface area (Å²) >= 11 is 0. The number of pyridine rings is 1. The Morgan fingerprint density at radius 2 is 1.61 bits per heavy atom. The maximum atomic E-state index is 12.8. The van der Waals surface area contributed by atoms with E-state index < -0.39 is 17.3 Å². The maximum Gasteiger partial charge on any atom is 0.319 e. The van der Waals surface area contributed by atoms with Crippen LogP contribution in [0.4, 0.5) is 11.4 Å². The molecule has 2 amide bonds. The molecule has 144 valence electrons. The minimum atomic E-state index is -1.35. The van der Waals surface area contributed by atoms with Gasteiger partial charge in [-0.25, -0.2) is 0 Å². The third-order valence-corrected chi connectivity index (χ3v) is 5.93. The Morgan fingerprint density at radius 3 is 2.18 bits per heavy atom. The third-order valence-electron chi connectivity index (χ3n) is 5.93. The minimum Gasteiger partial charge on any atom is -0.480 e. The molecule has 28 heavy (non-hydrogen) atoms. The van der Waals surface area contributed by atoms with Crippen molar-refractivity contribution in [2.24, 2.45) is 10.8 Å². The zero-order valence-corrected chi connectivity index (χ0v) is 15.3. The summed E-state index contributed by atoms with van der Waals surface area (Å²) in [7, 11) is 0. The van der Waals surface area contributed by atoms with Gasteiger partial charge in [0, 0.05) is 29.3 Å². The molecule has 0 radical (unpaired) electrons. The Balaban J connectivity index is 1.45. The first-order chi connectivity index (χ1) is 13.4. The van der Waals surface area contributed by atoms with E-state index in [0.29, 0.717) is 29.8 Å². The Labute approximate surface area is 162 Å². The second-order valence-electron chi connectivity index (χ2n) is 7.82. The predicted octanol–water partition coefficient (Wildman–Crippen LogP) is 3.31. The van der Waals surface area contributed by atoms with Crippen LogP contribution < -0.4 is 10.6 Å². The molecule has 1 spiro atoms. The lowest BCUT2D eigenvalue weighted by Gasteiger charge is -2.58. The molecule has 0 saturated heterocycles. The van der Waals surface area contributed by atoms with Gasteiger partial charge in [-0.1, -0.05) is 12.5 Å². The number of nitrogens with zero attached hydrogens (tertiary/aromatic N) is 1. The van der Waals surface area contributed by atoms with E-state index in [4.69, 9.17) is 0 Å². The number of hydrogen-bond acceptors (Lipinski definition) is 4. The van der Waals surface area contributed by atoms with Crippen molar-refractivity contribution in [3.8, 4) is 0 Å². The van der Waals surface area contributed by atoms with Crippen LogP contribution in [0, 0.1) is 10.8 Å². The number of carboxylic acids is 1. The lowest BCUT2D eigenvalue weighted by atomic mass is 9.45. The van der Waals surface area contributed by atoms with Crippen LogP contribution in [0.1, 0.15) is 42.5 Å². The van der Waals surface area contributed by atoms with E-state index in [1.807, 2.05) is 0 Å². The number of carbonyl (C=O) groups excluding carboxylic acids is 2. The molecule has 7 nitrogen and oxygen atoms in total. The Kier molecular flexibility index (Phi) is 4.37. The van der Waals surface area contributed by atoms with Gasteiger partial charge in [0.25, 0.3) is 5.91 Å². The number of benzene rings is 1. The smallest absolute Gasteiger partial charge is 0.319 e. The number of carboxylic acid groups (broad SMARTS) is 1. The van der Waals surface area contributed by atoms with Gasteiger partial charge in [0.05, 0.1) is 0 Å². The van der Waals surface area contributed by atoms with E-state index >= 15 is 0 Å². The van der Waals surface area contributed by atoms with E-state index in [2.05, 4.69) is 15.6 Å². The van der Waals surface area contributed by atoms with E-state index in [1.54, 1.807) is 36.4 Å². The highest BCUT2D eigenvalue weighted by atomic mass is 16.4. The van der Waals surface area contributed by atoms with Gasteiger partial charge in [-0.3, -0.25) is 19.4 Å². The summed E-state index contributed by atoms with van der Waals surface area (Å²) in [5.41, 5.74) is 0.127. The summed E-state index contributed by atoms with van der Waals surface area (Å²) in [5, 5.41) is 15.1. The van der Waals surface area contributed by atoms with Crippen LogP contribution in [0.5, 0.6) is 0 Å². The first-order valence-electron chi connectivity index (χ1n) is 9.29. The highest BCUT2D eigenvalue weighted by Gasteiger charge is 2.64. The van der Waals surface area contributed by atoms with Crippen LogP contribution in [0.15, 0.2) is 48.8 Å². The van der Waals surface area contributed by atoms with E-state index in [-0.39, 0.29) is 11.3 Å². The van der Waals surface area contributed by atoms with Crippen LogP contribution in [0.25, 0.3) is 0 Å². The second kappa shape index (κ2) is 6.74. The zero-order valence-electron chi connectivity index (χ0n) is 15.3. The lowest BCUT2D eigenvalue weighted by Crippen LogP contribution is -2.59. The Bertz CT molecular complexity index is 930. The number of rotatable bonds is 5. The van der Waals surface area contributed by atoms with Crippen LogP contribution >= 0.6 is 0 Å². The number of nitrogens with one attached hydrogen (secondary N) is 2. The molecular weight excluding hydrogens is 358 g/mol. The largest absolute Gasteiger partial charge is 0.480 e. The first kappa shape index (κ1) is 18.2. The molecule has 0 atom stereocenters. The molecule has 1 aromatic carbocycles. The fraction of sp³-hybridized carbons (Fsp3) is 0.333. The van der Waals surface area contributed by atoms with Crippen LogP contribution in [-0.2, 0) is 9.59 Å². The average molecular weight is 379 g/mol. The SMILES string of the molecule is O=C(Nc1cccc(NC(=O)C2(C(=O)O)CC3(CCC3)C2)c1)c1ccncc1. The Hall–Kier alpha value is -3.22. The molecule has 2 aliphatic carbocycles. The molecule has 0 aliphatic heterocycles. The molecule has 0 bridgehead atoms. The number of carbonyl (C=O) groups is 3. The maximum absolute atomic E-state index is 12.8. The summed E-state index contributed by atoms with van der Waals surface area (Å²) in [6.45, 7) is 0. The van der Waals surface area contributed by atoms with Gasteiger partial charge in [-0.05, 0) is 61.4 Å². The van der Waals surface area contributed by atoms with Crippen LogP contribution in [0.2, 0.25) is 0 Å². The van der Waals surface area contributed by atoms with Crippen molar-refractivity contribution in [3.63, 3.8) is 0 Å². The summed E-state index contributed by atoms with van der Waals surface area (Å²) < 4.78 is 0. The number of amides is 2. The monoisotopic (exact) mass is 379 g/mol. The normalized spacial score (nSPS) is 18.4. The minimum absolute atomic E-state index is 0.0517. The van der Waals surface area contributed by atoms with Crippen molar-refractivity contribution in [1.82, 2.24) is 4.98 Å². The van der Waals surface area contributed by atoms with Gasteiger partial charge in [-0.2, -0.15) is 0 Å². The van der Waals surface area contributed by atoms with Gasteiger partial charge in [0.2, 0.25) is 5.91 Å². The summed E-state index contributed by atoms with van der Waals surface area (Å²) in [5.74, 6) is -1.85. The van der Waals surface area contributed by atoms with E-state index in [1.165, 1.54) is 12.4 Å². The summed E-state index contributed by atoms with van der Waals surface area (Å²) in [6, 6.07) is 9.89. The number of aromatic nitrogens is 1. The topological polar surface area (TPSA) is 108 Å². The molecule has 3 N–H and O–H groups in total. The molecule has 1 aromatic heterocycles. The second-order valence-corrected chi connectivity index (χ2v) is 7.82. The van der Waals surface area contributed by atoms with Crippen molar-refractivity contribution >= 4 is 29.2 Å². The lowest BCUT2D eigenvalue weighted by molar-refractivity contribution is -0.178. The molecule has 2 fully saturated rings. The highest BCUT2D eigenvalue weighted by Crippen LogP contribution is 2.64. The standard InChI is InChI=1S/C21H21N3O4/c25-17(14-5-9-22-10-6-14)23-15-3-1-4-16(11-15)24-18(26)21(19(27)28)12-20(13-21)7-2-8-20/h1,3-6,9-11H,2,7-8,12-13H2,(H,23,25)(H,24,26)(H,27,28). The molecule has 7 heteroatoms. The fourth-order valence-corrected chi connectivity index (χ4v) is 4.30. The van der Waals surface area contributed by atoms with E-state index in [9.17, 15) is 19.5 Å². The number of hydrogen-bond donors (Lipinski definition) is 3. The van der Waals surface area contributed by atoms with Gasteiger partial charge < -0.3 is 15.7 Å². The van der Waals surface area contributed by atoms with Crippen molar-refractivity contribution in [3.05, 3.63) is 54.4 Å². The van der Waals surface area contributed by atoms with Gasteiger partial charge in [0.1, 0.15) is 5.41 Å². The molecule has 2 aromatic rings. The fourth-order valence-electron chi connectivity index (χ4n) is 4.30. The molecule has 1 heterocycles. The predicted molar refractivity (Wildman–Crippen MR) is 103 cm³/mol. The number of aliphatic carboxylic acids is 1. The quantitative estimate of drug-likeness (QED) is 0.691. The zero-order chi connectivity index (χ0) is 19.8. The summed E-state index contributed by atoms with van der Waals surface area (Å²) in [4.78, 5) is 40.7. The van der Waals surface area contributed by atoms with Crippen molar-refractivity contribution in [1.29, 1.82) is 0 Å². The van der Waals surface area contributed by atoms with Crippen molar-refractivity contribution in [2.75, 3.05) is 10.6 Å². The Morgan fingerprint density at radius 1 is 0.964 bits per heavy atom. The van der Waals surface area contributed by atoms with E-state index in [0.717, 1.165) is 19.3 Å². The number of anilines is 2. The van der Waals surface area contributed by atoms with Crippen LogP contribution in [0.3, 0.4) is 0 Å². The molecule has 4 rings (SSSR count). The molecular formula is C21H21N3O4. The highest BCUT2D eigenvalue weighted by molar-refractivity contribution is 6.10. The molecule has 2 aliphatic rings. The van der Waals surface area contributed by atoms with Gasteiger partial charge >= 0.3 is 5.97 Å². The van der Waals surface area contributed by atoms with Gasteiger partial charge in [-0.15, -0.1) is 0 Å². The first-order valence-corrected chi connectivity index (χ1v) is 9.29. The third kappa shape index (κ3) is 3.13. The van der Waals surface area contributed by atoms with Crippen molar-refractivity contribution in [2.45, 2.75) is 32.1 Å².